The molecule has 0 aliphatic carbocycles. The van der Waals surface area contributed by atoms with E-state index in [1.807, 2.05) is 31.4 Å². The molecule has 2 aromatic rings. The fraction of sp³-hybridized carbons (Fsp3) is 0.353. The van der Waals surface area contributed by atoms with Gasteiger partial charge in [0.05, 0.1) is 24.5 Å². The van der Waals surface area contributed by atoms with Crippen LogP contribution in [0, 0.1) is 13.8 Å². The lowest BCUT2D eigenvalue weighted by Gasteiger charge is -2.06. The van der Waals surface area contributed by atoms with Crippen molar-refractivity contribution < 1.29 is 14.3 Å². The van der Waals surface area contributed by atoms with Gasteiger partial charge in [0.25, 0.3) is 0 Å². The molecule has 1 heterocycles. The highest BCUT2D eigenvalue weighted by Gasteiger charge is 2.10. The van der Waals surface area contributed by atoms with E-state index in [1.165, 1.54) is 23.1 Å². The van der Waals surface area contributed by atoms with E-state index in [0.29, 0.717) is 12.3 Å². The Balaban J connectivity index is 1.83. The molecule has 5 nitrogen and oxygen atoms in total. The van der Waals surface area contributed by atoms with E-state index in [9.17, 15) is 9.59 Å². The number of aromatic nitrogens is 1. The van der Waals surface area contributed by atoms with Crippen LogP contribution in [0.1, 0.15) is 23.7 Å². The van der Waals surface area contributed by atoms with Crippen molar-refractivity contribution in [3.8, 4) is 0 Å². The topological polar surface area (TPSA) is 68.3 Å². The number of hydrogen-bond donors (Lipinski definition) is 1. The third kappa shape index (κ3) is 5.98. The summed E-state index contributed by atoms with van der Waals surface area (Å²) in [5.41, 5.74) is 3.71. The lowest BCUT2D eigenvalue weighted by atomic mass is 10.1. The Morgan fingerprint density at radius 2 is 1.96 bits per heavy atom. The van der Waals surface area contributed by atoms with E-state index in [2.05, 4.69) is 16.4 Å². The summed E-state index contributed by atoms with van der Waals surface area (Å²) in [6.45, 7) is 6.13. The molecule has 1 N–H and O–H groups in total. The highest BCUT2D eigenvalue weighted by Crippen LogP contribution is 2.23. The van der Waals surface area contributed by atoms with E-state index in [1.54, 1.807) is 6.92 Å². The minimum Gasteiger partial charge on any atom is -0.466 e. The molecule has 24 heavy (non-hydrogen) atoms. The monoisotopic (exact) mass is 364 g/mol. The number of anilines is 1. The smallest absolute Gasteiger partial charge is 0.311 e. The molecule has 0 spiro atoms. The van der Waals surface area contributed by atoms with Crippen LogP contribution >= 0.6 is 23.1 Å². The molecule has 0 radical (unpaired) electrons. The second-order valence-electron chi connectivity index (χ2n) is 5.30. The average Bonchev–Trinajstić information content (AvgIpc) is 2.91. The van der Waals surface area contributed by atoms with Crippen LogP contribution in [-0.2, 0) is 20.7 Å². The molecule has 0 fully saturated rings. The highest BCUT2D eigenvalue weighted by molar-refractivity contribution is 8.01. The molecule has 2 rings (SSSR count). The summed E-state index contributed by atoms with van der Waals surface area (Å²) >= 11 is 2.79. The first-order chi connectivity index (χ1) is 11.5. The zero-order chi connectivity index (χ0) is 17.5. The van der Waals surface area contributed by atoms with Gasteiger partial charge in [0, 0.05) is 11.1 Å². The van der Waals surface area contributed by atoms with Crippen LogP contribution in [0.15, 0.2) is 27.9 Å². The molecule has 0 aliphatic rings. The van der Waals surface area contributed by atoms with Crippen LogP contribution in [0.25, 0.3) is 0 Å². The van der Waals surface area contributed by atoms with Crippen molar-refractivity contribution in [2.45, 2.75) is 31.5 Å². The van der Waals surface area contributed by atoms with Crippen molar-refractivity contribution in [3.63, 3.8) is 0 Å². The Labute approximate surface area is 149 Å². The number of ether oxygens (including phenoxy) is 1. The maximum absolute atomic E-state index is 12.0. The molecule has 128 valence electrons. The van der Waals surface area contributed by atoms with Gasteiger partial charge in [-0.25, -0.2) is 4.98 Å². The maximum Gasteiger partial charge on any atom is 0.311 e. The fourth-order valence-corrected chi connectivity index (χ4v) is 3.81. The van der Waals surface area contributed by atoms with Gasteiger partial charge in [0.15, 0.2) is 4.34 Å². The van der Waals surface area contributed by atoms with Crippen molar-refractivity contribution in [2.75, 3.05) is 17.7 Å². The Kier molecular flexibility index (Phi) is 6.81. The summed E-state index contributed by atoms with van der Waals surface area (Å²) < 4.78 is 5.66. The SMILES string of the molecule is CCOC(=O)Cc1csc(SCC(=O)Nc2cc(C)cc(C)c2)n1. The quantitative estimate of drug-likeness (QED) is 0.600. The predicted octanol–water partition coefficient (Wildman–Crippen LogP) is 3.60. The molecule has 0 saturated heterocycles. The number of thioether (sulfide) groups is 1. The minimum absolute atomic E-state index is 0.0767. The number of aryl methyl sites for hydroxylation is 2. The van der Waals surface area contributed by atoms with E-state index >= 15 is 0 Å². The third-order valence-electron chi connectivity index (χ3n) is 2.99. The van der Waals surface area contributed by atoms with Gasteiger partial charge in [0.2, 0.25) is 5.91 Å². The molecule has 1 amide bonds. The number of hydrogen-bond acceptors (Lipinski definition) is 6. The van der Waals surface area contributed by atoms with Crippen LogP contribution in [-0.4, -0.2) is 29.2 Å². The van der Waals surface area contributed by atoms with Crippen LogP contribution < -0.4 is 5.32 Å². The number of benzene rings is 1. The summed E-state index contributed by atoms with van der Waals surface area (Å²) in [6.07, 6.45) is 0.166. The van der Waals surface area contributed by atoms with Crippen molar-refractivity contribution in [1.29, 1.82) is 0 Å². The molecule has 0 atom stereocenters. The van der Waals surface area contributed by atoms with Gasteiger partial charge < -0.3 is 10.1 Å². The van der Waals surface area contributed by atoms with Gasteiger partial charge in [-0.2, -0.15) is 0 Å². The Morgan fingerprint density at radius 1 is 1.25 bits per heavy atom. The number of amides is 1. The summed E-state index contributed by atoms with van der Waals surface area (Å²) in [7, 11) is 0. The van der Waals surface area contributed by atoms with Crippen molar-refractivity contribution >= 4 is 40.7 Å². The molecule has 0 saturated carbocycles. The number of esters is 1. The maximum atomic E-state index is 12.0. The molecule has 7 heteroatoms. The van der Waals surface area contributed by atoms with E-state index in [-0.39, 0.29) is 24.1 Å². The third-order valence-corrected chi connectivity index (χ3v) is 5.06. The van der Waals surface area contributed by atoms with Gasteiger partial charge >= 0.3 is 5.97 Å². The van der Waals surface area contributed by atoms with Crippen LogP contribution in [0.3, 0.4) is 0 Å². The molecule has 0 unspecified atom stereocenters. The number of nitrogens with one attached hydrogen (secondary N) is 1. The highest BCUT2D eigenvalue weighted by atomic mass is 32.2. The number of rotatable bonds is 7. The second kappa shape index (κ2) is 8.84. The summed E-state index contributed by atoms with van der Waals surface area (Å²) in [4.78, 5) is 27.8. The number of thiazole rings is 1. The van der Waals surface area contributed by atoms with Crippen LogP contribution in [0.4, 0.5) is 5.69 Å². The molecular formula is C17H20N2O3S2. The molecule has 0 aliphatic heterocycles. The summed E-state index contributed by atoms with van der Waals surface area (Å²) in [6, 6.07) is 5.94. The molecule has 1 aromatic carbocycles. The molecule has 0 bridgehead atoms. The minimum atomic E-state index is -0.285. The van der Waals surface area contributed by atoms with Gasteiger partial charge in [-0.05, 0) is 44.0 Å². The normalized spacial score (nSPS) is 10.5. The summed E-state index contributed by atoms with van der Waals surface area (Å²) in [5.74, 6) is -0.0849. The predicted molar refractivity (Wildman–Crippen MR) is 97.7 cm³/mol. The zero-order valence-electron chi connectivity index (χ0n) is 13.9. The Hall–Kier alpha value is -1.86. The number of carbonyl (C=O) groups excluding carboxylic acids is 2. The Bertz CT molecular complexity index is 708. The molecule has 1 aromatic heterocycles. The fourth-order valence-electron chi connectivity index (χ4n) is 2.17. The van der Waals surface area contributed by atoms with E-state index < -0.39 is 0 Å². The van der Waals surface area contributed by atoms with Crippen LogP contribution in [0.5, 0.6) is 0 Å². The van der Waals surface area contributed by atoms with Crippen molar-refractivity contribution in [1.82, 2.24) is 4.98 Å². The molecular weight excluding hydrogens is 344 g/mol. The van der Waals surface area contributed by atoms with E-state index in [4.69, 9.17) is 4.74 Å². The standard InChI is InChI=1S/C17H20N2O3S2/c1-4-22-16(21)8-14-9-23-17(19-14)24-10-15(20)18-13-6-11(2)5-12(3)7-13/h5-7,9H,4,8,10H2,1-3H3,(H,18,20). The first-order valence-corrected chi connectivity index (χ1v) is 9.43. The average molecular weight is 364 g/mol. The number of nitrogens with zero attached hydrogens (tertiary/aromatic N) is 1. The van der Waals surface area contributed by atoms with Crippen molar-refractivity contribution in [2.24, 2.45) is 0 Å². The van der Waals surface area contributed by atoms with Gasteiger partial charge in [-0.1, -0.05) is 17.8 Å². The lowest BCUT2D eigenvalue weighted by Crippen LogP contribution is -2.14. The second-order valence-corrected chi connectivity index (χ2v) is 7.38. The van der Waals surface area contributed by atoms with Crippen LogP contribution in [0.2, 0.25) is 0 Å². The lowest BCUT2D eigenvalue weighted by molar-refractivity contribution is -0.142. The van der Waals surface area contributed by atoms with Gasteiger partial charge in [0.1, 0.15) is 0 Å². The zero-order valence-corrected chi connectivity index (χ0v) is 15.6. The largest absolute Gasteiger partial charge is 0.466 e. The number of carbonyl (C=O) groups is 2. The van der Waals surface area contributed by atoms with Gasteiger partial charge in [-0.3, -0.25) is 9.59 Å². The first kappa shape index (κ1) is 18.5. The van der Waals surface area contributed by atoms with E-state index in [0.717, 1.165) is 21.2 Å². The van der Waals surface area contributed by atoms with Crippen molar-refractivity contribution in [3.05, 3.63) is 40.4 Å². The summed E-state index contributed by atoms with van der Waals surface area (Å²) in [5, 5.41) is 4.71. The van der Waals surface area contributed by atoms with Gasteiger partial charge in [-0.15, -0.1) is 11.3 Å². The Morgan fingerprint density at radius 3 is 2.62 bits per heavy atom. The first-order valence-electron chi connectivity index (χ1n) is 7.57.